The number of piperidine rings is 1. The lowest BCUT2D eigenvalue weighted by Gasteiger charge is -2.29. The van der Waals surface area contributed by atoms with Gasteiger partial charge in [-0.05, 0) is 25.3 Å². The molecule has 1 fully saturated rings. The molecule has 0 spiro atoms. The third kappa shape index (κ3) is 3.47. The van der Waals surface area contributed by atoms with Crippen LogP contribution in [0.15, 0.2) is 23.2 Å². The molecule has 0 amide bonds. The van der Waals surface area contributed by atoms with Crippen LogP contribution in [0.2, 0.25) is 0 Å². The molecular weight excluding hydrogens is 278 g/mol. The fourth-order valence-electron chi connectivity index (χ4n) is 2.21. The number of hydrogen-bond acceptors (Lipinski definition) is 5. The van der Waals surface area contributed by atoms with E-state index in [2.05, 4.69) is 10.3 Å². The third-order valence-electron chi connectivity index (χ3n) is 3.28. The molecule has 20 heavy (non-hydrogen) atoms. The molecule has 0 aliphatic carbocycles. The Balaban J connectivity index is 2.20. The Morgan fingerprint density at radius 3 is 3.05 bits per heavy atom. The van der Waals surface area contributed by atoms with E-state index in [0.29, 0.717) is 25.2 Å². The first-order valence-corrected chi connectivity index (χ1v) is 8.36. The van der Waals surface area contributed by atoms with E-state index in [0.717, 1.165) is 13.0 Å². The van der Waals surface area contributed by atoms with Gasteiger partial charge in [0.2, 0.25) is 10.0 Å². The second-order valence-corrected chi connectivity index (χ2v) is 6.90. The molecule has 0 aromatic carbocycles. The number of anilines is 1. The zero-order valence-corrected chi connectivity index (χ0v) is 12.4. The maximum absolute atomic E-state index is 12.5. The van der Waals surface area contributed by atoms with Crippen molar-refractivity contribution in [3.8, 4) is 0 Å². The summed E-state index contributed by atoms with van der Waals surface area (Å²) < 4.78 is 26.4. The van der Waals surface area contributed by atoms with E-state index in [-0.39, 0.29) is 11.4 Å². The minimum atomic E-state index is -3.55. The summed E-state index contributed by atoms with van der Waals surface area (Å²) in [5.74, 6) is 0.561. The smallest absolute Gasteiger partial charge is 0.243 e. The minimum absolute atomic E-state index is 0.169. The van der Waals surface area contributed by atoms with E-state index in [1.807, 2.05) is 6.92 Å². The Bertz CT molecular complexity index is 548. The topological polar surface area (TPSA) is 82.5 Å². The molecule has 1 saturated heterocycles. The highest BCUT2D eigenvalue weighted by atomic mass is 32.2. The van der Waals surface area contributed by atoms with Crippen molar-refractivity contribution in [1.29, 1.82) is 0 Å². The predicted octanol–water partition coefficient (Wildman–Crippen LogP) is 1.05. The molecule has 1 aromatic rings. The summed E-state index contributed by atoms with van der Waals surface area (Å²) in [6, 6.07) is 3.04. The second kappa shape index (κ2) is 6.51. The maximum Gasteiger partial charge on any atom is 0.243 e. The molecule has 1 aromatic heterocycles. The monoisotopic (exact) mass is 299 g/mol. The normalized spacial score (nSPS) is 20.8. The number of aliphatic hydroxyl groups excluding tert-OH is 1. The number of sulfonamides is 1. The number of pyridine rings is 1. The molecule has 1 atom stereocenters. The quantitative estimate of drug-likeness (QED) is 0.849. The fraction of sp³-hybridized carbons (Fsp3) is 0.615. The Labute approximate surface area is 119 Å². The van der Waals surface area contributed by atoms with Gasteiger partial charge in [-0.15, -0.1) is 0 Å². The Morgan fingerprint density at radius 2 is 2.35 bits per heavy atom. The molecule has 1 unspecified atom stereocenters. The van der Waals surface area contributed by atoms with Gasteiger partial charge in [-0.2, -0.15) is 4.31 Å². The SMILES string of the molecule is CCCNc1cc(S(=O)(=O)N2CCCC(O)C2)ccn1. The van der Waals surface area contributed by atoms with Crippen molar-refractivity contribution < 1.29 is 13.5 Å². The number of nitrogens with zero attached hydrogens (tertiary/aromatic N) is 2. The number of β-amino-alcohol motifs (C(OH)–C–C–N with tert-alkyl or cyclic N) is 1. The van der Waals surface area contributed by atoms with Crippen LogP contribution < -0.4 is 5.32 Å². The average Bonchev–Trinajstić information content (AvgIpc) is 2.45. The third-order valence-corrected chi connectivity index (χ3v) is 5.15. The molecular formula is C13H21N3O3S. The van der Waals surface area contributed by atoms with Gasteiger partial charge < -0.3 is 10.4 Å². The number of aliphatic hydroxyl groups is 1. The molecule has 2 heterocycles. The van der Waals surface area contributed by atoms with Crippen LogP contribution in [0.25, 0.3) is 0 Å². The van der Waals surface area contributed by atoms with Crippen molar-refractivity contribution >= 4 is 15.8 Å². The first kappa shape index (κ1) is 15.2. The first-order valence-electron chi connectivity index (χ1n) is 6.92. The molecule has 6 nitrogen and oxygen atoms in total. The van der Waals surface area contributed by atoms with Crippen LogP contribution >= 0.6 is 0 Å². The Morgan fingerprint density at radius 1 is 1.55 bits per heavy atom. The molecule has 0 saturated carbocycles. The van der Waals surface area contributed by atoms with Crippen molar-refractivity contribution in [3.05, 3.63) is 18.3 Å². The predicted molar refractivity (Wildman–Crippen MR) is 77.0 cm³/mol. The lowest BCUT2D eigenvalue weighted by molar-refractivity contribution is 0.108. The van der Waals surface area contributed by atoms with Gasteiger partial charge in [-0.1, -0.05) is 6.92 Å². The summed E-state index contributed by atoms with van der Waals surface area (Å²) in [5.41, 5.74) is 0. The van der Waals surface area contributed by atoms with E-state index < -0.39 is 16.1 Å². The van der Waals surface area contributed by atoms with Crippen LogP contribution in [0.5, 0.6) is 0 Å². The summed E-state index contributed by atoms with van der Waals surface area (Å²) in [4.78, 5) is 4.33. The van der Waals surface area contributed by atoms with Crippen molar-refractivity contribution in [2.24, 2.45) is 0 Å². The molecule has 112 valence electrons. The van der Waals surface area contributed by atoms with Gasteiger partial charge >= 0.3 is 0 Å². The first-order chi connectivity index (χ1) is 9.54. The average molecular weight is 299 g/mol. The summed E-state index contributed by atoms with van der Waals surface area (Å²) in [6.45, 7) is 3.41. The van der Waals surface area contributed by atoms with Crippen LogP contribution in [0.1, 0.15) is 26.2 Å². The Hall–Kier alpha value is -1.18. The van der Waals surface area contributed by atoms with Crippen molar-refractivity contribution in [1.82, 2.24) is 9.29 Å². The van der Waals surface area contributed by atoms with Crippen LogP contribution in [0.3, 0.4) is 0 Å². The van der Waals surface area contributed by atoms with Gasteiger partial charge in [0.15, 0.2) is 0 Å². The highest BCUT2D eigenvalue weighted by Crippen LogP contribution is 2.21. The highest BCUT2D eigenvalue weighted by Gasteiger charge is 2.29. The summed E-state index contributed by atoms with van der Waals surface area (Å²) in [5, 5.41) is 12.7. The van der Waals surface area contributed by atoms with Gasteiger partial charge in [0, 0.05) is 31.9 Å². The molecule has 1 aliphatic rings. The molecule has 2 rings (SSSR count). The van der Waals surface area contributed by atoms with Crippen LogP contribution in [0, 0.1) is 0 Å². The zero-order chi connectivity index (χ0) is 14.6. The largest absolute Gasteiger partial charge is 0.392 e. The van der Waals surface area contributed by atoms with Crippen LogP contribution in [-0.4, -0.2) is 48.6 Å². The number of hydrogen-bond donors (Lipinski definition) is 2. The highest BCUT2D eigenvalue weighted by molar-refractivity contribution is 7.89. The van der Waals surface area contributed by atoms with Crippen molar-refractivity contribution in [2.45, 2.75) is 37.2 Å². The molecule has 0 bridgehead atoms. The van der Waals surface area contributed by atoms with Gasteiger partial charge in [0.25, 0.3) is 0 Å². The fourth-order valence-corrected chi connectivity index (χ4v) is 3.74. The van der Waals surface area contributed by atoms with E-state index in [4.69, 9.17) is 0 Å². The van der Waals surface area contributed by atoms with Crippen molar-refractivity contribution in [3.63, 3.8) is 0 Å². The lowest BCUT2D eigenvalue weighted by atomic mass is 10.1. The lowest BCUT2D eigenvalue weighted by Crippen LogP contribution is -2.42. The van der Waals surface area contributed by atoms with Gasteiger partial charge in [0.05, 0.1) is 11.0 Å². The second-order valence-electron chi connectivity index (χ2n) is 4.96. The summed E-state index contributed by atoms with van der Waals surface area (Å²) in [6.07, 6.45) is 3.21. The van der Waals surface area contributed by atoms with Gasteiger partial charge in [0.1, 0.15) is 5.82 Å². The standard InChI is InChI=1S/C13H21N3O3S/c1-2-6-14-13-9-12(5-7-15-13)20(18,19)16-8-3-4-11(17)10-16/h5,7,9,11,17H,2-4,6,8,10H2,1H3,(H,14,15). The number of nitrogens with one attached hydrogen (secondary N) is 1. The summed E-state index contributed by atoms with van der Waals surface area (Å²) >= 11 is 0. The van der Waals surface area contributed by atoms with E-state index in [9.17, 15) is 13.5 Å². The van der Waals surface area contributed by atoms with Crippen LogP contribution in [0.4, 0.5) is 5.82 Å². The van der Waals surface area contributed by atoms with Crippen LogP contribution in [-0.2, 0) is 10.0 Å². The number of aromatic nitrogens is 1. The zero-order valence-electron chi connectivity index (χ0n) is 11.6. The van der Waals surface area contributed by atoms with Crippen molar-refractivity contribution in [2.75, 3.05) is 25.0 Å². The van der Waals surface area contributed by atoms with E-state index in [1.54, 1.807) is 6.07 Å². The molecule has 1 aliphatic heterocycles. The Kier molecular flexibility index (Phi) is 4.95. The minimum Gasteiger partial charge on any atom is -0.392 e. The van der Waals surface area contributed by atoms with Gasteiger partial charge in [-0.3, -0.25) is 0 Å². The van der Waals surface area contributed by atoms with Gasteiger partial charge in [-0.25, -0.2) is 13.4 Å². The van der Waals surface area contributed by atoms with E-state index >= 15 is 0 Å². The molecule has 0 radical (unpaired) electrons. The number of rotatable bonds is 5. The molecule has 7 heteroatoms. The van der Waals surface area contributed by atoms with E-state index in [1.165, 1.54) is 16.6 Å². The maximum atomic E-state index is 12.5. The molecule has 2 N–H and O–H groups in total. The summed E-state index contributed by atoms with van der Waals surface area (Å²) in [7, 11) is -3.55.